The van der Waals surface area contributed by atoms with Crippen LogP contribution in [-0.4, -0.2) is 35.7 Å². The Kier molecular flexibility index (Phi) is 5.84. The first-order valence-electron chi connectivity index (χ1n) is 7.43. The summed E-state index contributed by atoms with van der Waals surface area (Å²) in [5, 5.41) is 12.2. The van der Waals surface area contributed by atoms with Crippen molar-refractivity contribution in [2.24, 2.45) is 5.41 Å². The third kappa shape index (κ3) is 4.49. The van der Waals surface area contributed by atoms with Crippen molar-refractivity contribution in [3.63, 3.8) is 0 Å². The Bertz CT molecular complexity index is 462. The van der Waals surface area contributed by atoms with Gasteiger partial charge in [0, 0.05) is 13.5 Å². The maximum Gasteiger partial charge on any atom is 0.318 e. The number of furan rings is 1. The molecule has 0 saturated carbocycles. The first-order valence-corrected chi connectivity index (χ1v) is 7.43. The minimum atomic E-state index is -0.228. The molecule has 120 valence electrons. The molecule has 21 heavy (non-hydrogen) atoms. The van der Waals surface area contributed by atoms with Gasteiger partial charge in [0.05, 0.1) is 18.7 Å². The van der Waals surface area contributed by atoms with E-state index in [9.17, 15) is 4.79 Å². The number of amides is 2. The molecule has 1 aromatic heterocycles. The molecule has 0 spiro atoms. The van der Waals surface area contributed by atoms with Gasteiger partial charge >= 0.3 is 6.03 Å². The second-order valence-corrected chi connectivity index (χ2v) is 6.55. The predicted octanol–water partition coefficient (Wildman–Crippen LogP) is 2.95. The lowest BCUT2D eigenvalue weighted by Crippen LogP contribution is -2.47. The van der Waals surface area contributed by atoms with E-state index in [1.165, 1.54) is 4.90 Å². The topological polar surface area (TPSA) is 65.7 Å². The normalized spacial score (nSPS) is 14.6. The summed E-state index contributed by atoms with van der Waals surface area (Å²) in [6.07, 6.45) is 0.826. The van der Waals surface area contributed by atoms with E-state index in [1.54, 1.807) is 14.0 Å². The van der Waals surface area contributed by atoms with Gasteiger partial charge in [-0.1, -0.05) is 27.7 Å². The van der Waals surface area contributed by atoms with E-state index in [0.717, 1.165) is 17.9 Å². The van der Waals surface area contributed by atoms with Crippen LogP contribution in [0.4, 0.5) is 4.79 Å². The number of carbonyl (C=O) groups excluding carboxylic acids is 1. The van der Waals surface area contributed by atoms with Crippen LogP contribution in [0.2, 0.25) is 0 Å². The number of hydrogen-bond acceptors (Lipinski definition) is 3. The second kappa shape index (κ2) is 6.98. The molecule has 0 aromatic carbocycles. The van der Waals surface area contributed by atoms with Gasteiger partial charge in [-0.3, -0.25) is 0 Å². The van der Waals surface area contributed by atoms with Gasteiger partial charge in [0.1, 0.15) is 11.5 Å². The van der Waals surface area contributed by atoms with Crippen LogP contribution in [0.5, 0.6) is 0 Å². The molecule has 2 atom stereocenters. The summed E-state index contributed by atoms with van der Waals surface area (Å²) in [5.74, 6) is 1.67. The lowest BCUT2D eigenvalue weighted by atomic mass is 9.85. The van der Waals surface area contributed by atoms with Gasteiger partial charge in [0.15, 0.2) is 0 Å². The number of carbonyl (C=O) groups is 1. The van der Waals surface area contributed by atoms with E-state index in [4.69, 9.17) is 9.52 Å². The summed E-state index contributed by atoms with van der Waals surface area (Å²) in [4.78, 5) is 13.8. The highest BCUT2D eigenvalue weighted by Gasteiger charge is 2.31. The summed E-state index contributed by atoms with van der Waals surface area (Å²) in [6.45, 7) is 9.94. The number of hydrogen-bond donors (Lipinski definition) is 2. The summed E-state index contributed by atoms with van der Waals surface area (Å²) in [6, 6.07) is 3.20. The van der Waals surface area contributed by atoms with Gasteiger partial charge in [-0.25, -0.2) is 4.79 Å². The number of aryl methyl sites for hydroxylation is 1. The molecule has 1 aromatic rings. The van der Waals surface area contributed by atoms with E-state index >= 15 is 0 Å². The molecule has 2 amide bonds. The molecule has 0 aliphatic carbocycles. The van der Waals surface area contributed by atoms with E-state index < -0.39 is 0 Å². The average molecular weight is 296 g/mol. The molecule has 2 unspecified atom stereocenters. The van der Waals surface area contributed by atoms with Gasteiger partial charge in [0.25, 0.3) is 0 Å². The lowest BCUT2D eigenvalue weighted by Gasteiger charge is -2.33. The number of likely N-dealkylation sites (N-methyl/N-ethyl adjacent to an activating group) is 1. The molecule has 0 saturated heterocycles. The third-order valence-corrected chi connectivity index (χ3v) is 3.69. The Hall–Kier alpha value is -1.49. The predicted molar refractivity (Wildman–Crippen MR) is 83.1 cm³/mol. The van der Waals surface area contributed by atoms with Crippen LogP contribution in [0.15, 0.2) is 16.5 Å². The maximum atomic E-state index is 12.3. The fraction of sp³-hybridized carbons (Fsp3) is 0.688. The van der Waals surface area contributed by atoms with Crippen molar-refractivity contribution in [1.82, 2.24) is 10.2 Å². The lowest BCUT2D eigenvalue weighted by molar-refractivity contribution is 0.144. The number of aliphatic hydroxyl groups excluding tert-OH is 1. The molecule has 0 aliphatic heterocycles. The Morgan fingerprint density at radius 3 is 2.48 bits per heavy atom. The van der Waals surface area contributed by atoms with Crippen molar-refractivity contribution >= 4 is 6.03 Å². The van der Waals surface area contributed by atoms with E-state index in [1.807, 2.05) is 19.1 Å². The molecule has 0 aliphatic rings. The van der Waals surface area contributed by atoms with E-state index in [2.05, 4.69) is 26.1 Å². The zero-order valence-corrected chi connectivity index (χ0v) is 13.9. The highest BCUT2D eigenvalue weighted by molar-refractivity contribution is 5.74. The molecule has 0 radical (unpaired) electrons. The van der Waals surface area contributed by atoms with Crippen LogP contribution in [0.3, 0.4) is 0 Å². The van der Waals surface area contributed by atoms with Crippen molar-refractivity contribution < 1.29 is 14.3 Å². The van der Waals surface area contributed by atoms with Gasteiger partial charge < -0.3 is 19.7 Å². The fourth-order valence-corrected chi connectivity index (χ4v) is 2.00. The number of aliphatic hydroxyl groups is 1. The fourth-order valence-electron chi connectivity index (χ4n) is 2.00. The quantitative estimate of drug-likeness (QED) is 0.878. The monoisotopic (exact) mass is 296 g/mol. The zero-order valence-electron chi connectivity index (χ0n) is 13.9. The Balaban J connectivity index is 2.92. The van der Waals surface area contributed by atoms with Gasteiger partial charge in [-0.05, 0) is 24.5 Å². The summed E-state index contributed by atoms with van der Waals surface area (Å²) >= 11 is 0. The molecule has 1 rings (SSSR count). The van der Waals surface area contributed by atoms with Gasteiger partial charge in [-0.15, -0.1) is 0 Å². The minimum Gasteiger partial charge on any atom is -0.464 e. The first kappa shape index (κ1) is 17.6. The molecule has 0 bridgehead atoms. The van der Waals surface area contributed by atoms with Crippen molar-refractivity contribution in [2.75, 3.05) is 13.7 Å². The van der Waals surface area contributed by atoms with Crippen molar-refractivity contribution in [3.05, 3.63) is 23.7 Å². The maximum absolute atomic E-state index is 12.3. The van der Waals surface area contributed by atoms with Crippen LogP contribution < -0.4 is 5.32 Å². The second-order valence-electron chi connectivity index (χ2n) is 6.55. The largest absolute Gasteiger partial charge is 0.464 e. The van der Waals surface area contributed by atoms with E-state index in [-0.39, 0.29) is 30.1 Å². The van der Waals surface area contributed by atoms with Crippen molar-refractivity contribution in [1.29, 1.82) is 0 Å². The van der Waals surface area contributed by atoms with Crippen molar-refractivity contribution in [2.45, 2.75) is 53.1 Å². The average Bonchev–Trinajstić information content (AvgIpc) is 2.89. The standard InChI is InChI=1S/C16H28N2O3/c1-7-12-8-9-13(21-12)14(16(3,4)5)17-15(20)18(6)11(2)10-19/h8-9,11,14,19H,7,10H2,1-6H3,(H,17,20). The Morgan fingerprint density at radius 2 is 2.05 bits per heavy atom. The van der Waals surface area contributed by atoms with Crippen LogP contribution in [0.25, 0.3) is 0 Å². The van der Waals surface area contributed by atoms with Crippen molar-refractivity contribution in [3.8, 4) is 0 Å². The molecular formula is C16H28N2O3. The first-order chi connectivity index (χ1) is 9.70. The number of urea groups is 1. The molecule has 1 heterocycles. The van der Waals surface area contributed by atoms with E-state index in [0.29, 0.717) is 0 Å². The highest BCUT2D eigenvalue weighted by atomic mass is 16.3. The highest BCUT2D eigenvalue weighted by Crippen LogP contribution is 2.34. The molecular weight excluding hydrogens is 268 g/mol. The molecule has 0 fully saturated rings. The molecule has 5 nitrogen and oxygen atoms in total. The molecule has 2 N–H and O–H groups in total. The number of nitrogens with zero attached hydrogens (tertiary/aromatic N) is 1. The Morgan fingerprint density at radius 1 is 1.43 bits per heavy atom. The minimum absolute atomic E-state index is 0.0646. The van der Waals surface area contributed by atoms with Crippen LogP contribution >= 0.6 is 0 Å². The van der Waals surface area contributed by atoms with Gasteiger partial charge in [0.2, 0.25) is 0 Å². The number of nitrogens with one attached hydrogen (secondary N) is 1. The Labute approximate surface area is 127 Å². The zero-order chi connectivity index (χ0) is 16.2. The summed E-state index contributed by atoms with van der Waals surface area (Å²) in [5.41, 5.74) is -0.179. The summed E-state index contributed by atoms with van der Waals surface area (Å²) < 4.78 is 5.81. The smallest absolute Gasteiger partial charge is 0.318 e. The van der Waals surface area contributed by atoms with Crippen LogP contribution in [-0.2, 0) is 6.42 Å². The SMILES string of the molecule is CCc1ccc(C(NC(=O)N(C)C(C)CO)C(C)(C)C)o1. The van der Waals surface area contributed by atoms with Crippen LogP contribution in [0.1, 0.15) is 52.2 Å². The third-order valence-electron chi connectivity index (χ3n) is 3.69. The van der Waals surface area contributed by atoms with Crippen LogP contribution in [0, 0.1) is 5.41 Å². The van der Waals surface area contributed by atoms with Gasteiger partial charge in [-0.2, -0.15) is 0 Å². The summed E-state index contributed by atoms with van der Waals surface area (Å²) in [7, 11) is 1.68. The number of rotatable bonds is 5. The molecule has 5 heteroatoms.